The Morgan fingerprint density at radius 2 is 2.31 bits per heavy atom. The molecule has 0 saturated carbocycles. The highest BCUT2D eigenvalue weighted by molar-refractivity contribution is 6.28. The van der Waals surface area contributed by atoms with Gasteiger partial charge in [-0.3, -0.25) is 0 Å². The molecular formula is C9H9ClFN5. The van der Waals surface area contributed by atoms with E-state index in [0.717, 1.165) is 6.20 Å². The van der Waals surface area contributed by atoms with Gasteiger partial charge in [0.1, 0.15) is 5.82 Å². The zero-order valence-electron chi connectivity index (χ0n) is 8.41. The van der Waals surface area contributed by atoms with Crippen LogP contribution < -0.4 is 5.32 Å². The molecule has 0 radical (unpaired) electrons. The lowest BCUT2D eigenvalue weighted by Crippen LogP contribution is -2.11. The summed E-state index contributed by atoms with van der Waals surface area (Å²) < 4.78 is 13.3. The Morgan fingerprint density at radius 3 is 3.00 bits per heavy atom. The van der Waals surface area contributed by atoms with Gasteiger partial charge >= 0.3 is 0 Å². The van der Waals surface area contributed by atoms with Gasteiger partial charge in [-0.1, -0.05) is 0 Å². The molecule has 2 rings (SSSR count). The lowest BCUT2D eigenvalue weighted by atomic mass is 10.3. The minimum Gasteiger partial charge on any atom is -0.358 e. The molecule has 0 fully saturated rings. The summed E-state index contributed by atoms with van der Waals surface area (Å²) in [4.78, 5) is 14.2. The van der Waals surface area contributed by atoms with Crippen LogP contribution in [0.1, 0.15) is 18.8 Å². The van der Waals surface area contributed by atoms with E-state index < -0.39 is 5.82 Å². The van der Waals surface area contributed by atoms with E-state index in [0.29, 0.717) is 5.82 Å². The first-order chi connectivity index (χ1) is 7.66. The molecule has 0 bridgehead atoms. The number of imidazole rings is 1. The third-order valence-corrected chi connectivity index (χ3v) is 2.18. The van der Waals surface area contributed by atoms with Gasteiger partial charge in [-0.05, 0) is 18.5 Å². The molecule has 0 aliphatic carbocycles. The van der Waals surface area contributed by atoms with Crippen LogP contribution in [0.3, 0.4) is 0 Å². The average molecular weight is 242 g/mol. The van der Waals surface area contributed by atoms with Crippen LogP contribution >= 0.6 is 11.6 Å². The first-order valence-corrected chi connectivity index (χ1v) is 4.98. The zero-order chi connectivity index (χ0) is 11.5. The average Bonchev–Trinajstić information content (AvgIpc) is 2.76. The van der Waals surface area contributed by atoms with Crippen molar-refractivity contribution in [3.8, 4) is 0 Å². The largest absolute Gasteiger partial charge is 0.358 e. The smallest absolute Gasteiger partial charge is 0.224 e. The molecule has 0 spiro atoms. The van der Waals surface area contributed by atoms with Crippen LogP contribution in [-0.4, -0.2) is 19.9 Å². The van der Waals surface area contributed by atoms with Crippen LogP contribution in [0, 0.1) is 5.82 Å². The number of nitrogens with zero attached hydrogens (tertiary/aromatic N) is 3. The molecular weight excluding hydrogens is 233 g/mol. The highest BCUT2D eigenvalue weighted by Crippen LogP contribution is 2.18. The van der Waals surface area contributed by atoms with E-state index in [4.69, 9.17) is 11.6 Å². The highest BCUT2D eigenvalue weighted by atomic mass is 35.5. The first kappa shape index (κ1) is 10.8. The van der Waals surface area contributed by atoms with Gasteiger partial charge in [0.25, 0.3) is 0 Å². The topological polar surface area (TPSA) is 66.5 Å². The van der Waals surface area contributed by atoms with Crippen LogP contribution in [0.4, 0.5) is 10.2 Å². The number of hydrogen-bond donors (Lipinski definition) is 2. The van der Waals surface area contributed by atoms with E-state index >= 15 is 0 Å². The van der Waals surface area contributed by atoms with Crippen molar-refractivity contribution >= 4 is 17.4 Å². The van der Waals surface area contributed by atoms with Crippen molar-refractivity contribution in [2.24, 2.45) is 0 Å². The normalized spacial score (nSPS) is 12.4. The Hall–Kier alpha value is -1.69. The van der Waals surface area contributed by atoms with Crippen molar-refractivity contribution in [1.82, 2.24) is 19.9 Å². The molecule has 2 aromatic heterocycles. The lowest BCUT2D eigenvalue weighted by Gasteiger charge is -2.12. The second kappa shape index (κ2) is 4.44. The van der Waals surface area contributed by atoms with E-state index in [2.05, 4.69) is 25.3 Å². The SMILES string of the molecule is CC(Nc1nc(Cl)ncc1F)c1ncc[nH]1. The molecule has 0 aromatic carbocycles. The standard InChI is InChI=1S/C9H9ClFN5/c1-5(7-12-2-3-13-7)15-8-6(11)4-14-9(10)16-8/h2-5H,1H3,(H,12,13)(H,14,15,16). The van der Waals surface area contributed by atoms with E-state index in [9.17, 15) is 4.39 Å². The van der Waals surface area contributed by atoms with E-state index in [1.807, 2.05) is 6.92 Å². The summed E-state index contributed by atoms with van der Waals surface area (Å²) in [5.74, 6) is 0.195. The third-order valence-electron chi connectivity index (χ3n) is 2.00. The maximum atomic E-state index is 13.3. The fourth-order valence-electron chi connectivity index (χ4n) is 1.23. The van der Waals surface area contributed by atoms with Crippen LogP contribution in [-0.2, 0) is 0 Å². The Labute approximate surface area is 96.1 Å². The Bertz CT molecular complexity index is 473. The molecule has 16 heavy (non-hydrogen) atoms. The molecule has 2 aromatic rings. The number of rotatable bonds is 3. The van der Waals surface area contributed by atoms with Gasteiger partial charge in [0, 0.05) is 12.4 Å². The lowest BCUT2D eigenvalue weighted by molar-refractivity contribution is 0.612. The highest BCUT2D eigenvalue weighted by Gasteiger charge is 2.12. The van der Waals surface area contributed by atoms with Gasteiger partial charge in [0.15, 0.2) is 11.6 Å². The molecule has 2 heterocycles. The monoisotopic (exact) mass is 241 g/mol. The number of anilines is 1. The second-order valence-electron chi connectivity index (χ2n) is 3.18. The van der Waals surface area contributed by atoms with Crippen molar-refractivity contribution < 1.29 is 4.39 Å². The number of hydrogen-bond acceptors (Lipinski definition) is 4. The molecule has 7 heteroatoms. The van der Waals surface area contributed by atoms with Crippen molar-refractivity contribution in [3.63, 3.8) is 0 Å². The van der Waals surface area contributed by atoms with Gasteiger partial charge < -0.3 is 10.3 Å². The van der Waals surface area contributed by atoms with Gasteiger partial charge in [-0.15, -0.1) is 0 Å². The maximum absolute atomic E-state index is 13.3. The number of nitrogens with one attached hydrogen (secondary N) is 2. The van der Waals surface area contributed by atoms with Gasteiger partial charge in [0.2, 0.25) is 5.28 Å². The minimum absolute atomic E-state index is 0.00413. The summed E-state index contributed by atoms with van der Waals surface area (Å²) in [6.07, 6.45) is 4.33. The minimum atomic E-state index is -0.553. The van der Waals surface area contributed by atoms with Gasteiger partial charge in [-0.25, -0.2) is 14.4 Å². The molecule has 0 saturated heterocycles. The third kappa shape index (κ3) is 2.27. The predicted octanol–water partition coefficient (Wildman–Crippen LogP) is 2.17. The quantitative estimate of drug-likeness (QED) is 0.809. The number of aromatic amines is 1. The van der Waals surface area contributed by atoms with Crippen molar-refractivity contribution in [2.45, 2.75) is 13.0 Å². The summed E-state index contributed by atoms with van der Waals surface area (Å²) in [6, 6.07) is -0.199. The van der Waals surface area contributed by atoms with Crippen molar-refractivity contribution in [1.29, 1.82) is 0 Å². The van der Waals surface area contributed by atoms with E-state index in [-0.39, 0.29) is 17.1 Å². The fourth-order valence-corrected chi connectivity index (χ4v) is 1.37. The number of H-pyrrole nitrogens is 1. The first-order valence-electron chi connectivity index (χ1n) is 4.60. The maximum Gasteiger partial charge on any atom is 0.224 e. The van der Waals surface area contributed by atoms with Crippen LogP contribution in [0.5, 0.6) is 0 Å². The molecule has 0 aliphatic rings. The molecule has 0 aliphatic heterocycles. The summed E-state index contributed by atoms with van der Waals surface area (Å²) in [6.45, 7) is 1.83. The molecule has 2 N–H and O–H groups in total. The van der Waals surface area contributed by atoms with Crippen LogP contribution in [0.15, 0.2) is 18.6 Å². The van der Waals surface area contributed by atoms with Crippen LogP contribution in [0.25, 0.3) is 0 Å². The summed E-state index contributed by atoms with van der Waals surface area (Å²) in [7, 11) is 0. The van der Waals surface area contributed by atoms with Gasteiger partial charge in [0.05, 0.1) is 12.2 Å². The van der Waals surface area contributed by atoms with E-state index in [1.165, 1.54) is 0 Å². The molecule has 1 unspecified atom stereocenters. The zero-order valence-corrected chi connectivity index (χ0v) is 9.16. The van der Waals surface area contributed by atoms with Crippen molar-refractivity contribution in [3.05, 3.63) is 35.5 Å². The number of halogens is 2. The predicted molar refractivity (Wildman–Crippen MR) is 57.6 cm³/mol. The summed E-state index contributed by atoms with van der Waals surface area (Å²) in [5, 5.41) is 2.84. The van der Waals surface area contributed by atoms with Crippen molar-refractivity contribution in [2.75, 3.05) is 5.32 Å². The van der Waals surface area contributed by atoms with Crippen LogP contribution in [0.2, 0.25) is 5.28 Å². The Morgan fingerprint density at radius 1 is 1.50 bits per heavy atom. The molecule has 0 amide bonds. The summed E-state index contributed by atoms with van der Waals surface area (Å²) >= 11 is 5.57. The number of aromatic nitrogens is 4. The van der Waals surface area contributed by atoms with E-state index in [1.54, 1.807) is 12.4 Å². The Balaban J connectivity index is 2.17. The summed E-state index contributed by atoms with van der Waals surface area (Å²) in [5.41, 5.74) is 0. The molecule has 5 nitrogen and oxygen atoms in total. The van der Waals surface area contributed by atoms with Gasteiger partial charge in [-0.2, -0.15) is 4.98 Å². The Kier molecular flexibility index (Phi) is 3.00. The fraction of sp³-hybridized carbons (Fsp3) is 0.222. The second-order valence-corrected chi connectivity index (χ2v) is 3.51. The molecule has 1 atom stereocenters. The molecule has 84 valence electrons.